The van der Waals surface area contributed by atoms with Crippen LogP contribution in [-0.2, 0) is 19.6 Å². The molecule has 0 saturated carbocycles. The molecule has 3 rings (SSSR count). The van der Waals surface area contributed by atoms with E-state index in [1.165, 1.54) is 12.1 Å². The van der Waals surface area contributed by atoms with Crippen LogP contribution in [0.1, 0.15) is 13.3 Å². The molecule has 9 heteroatoms. The van der Waals surface area contributed by atoms with Crippen LogP contribution in [0.15, 0.2) is 47.4 Å². The number of hydrogen-bond donors (Lipinski definition) is 2. The van der Waals surface area contributed by atoms with Gasteiger partial charge in [-0.25, -0.2) is 8.42 Å². The van der Waals surface area contributed by atoms with Crippen molar-refractivity contribution in [3.8, 4) is 11.5 Å². The summed E-state index contributed by atoms with van der Waals surface area (Å²) >= 11 is 0. The number of ether oxygens (including phenoxy) is 3. The van der Waals surface area contributed by atoms with Gasteiger partial charge in [-0.05, 0) is 42.8 Å². The second-order valence-corrected chi connectivity index (χ2v) is 7.77. The molecule has 8 nitrogen and oxygen atoms in total. The predicted molar refractivity (Wildman–Crippen MR) is 104 cm³/mol. The largest absolute Gasteiger partial charge is 0.486 e. The van der Waals surface area contributed by atoms with Crippen molar-refractivity contribution in [3.05, 3.63) is 42.5 Å². The third kappa shape index (κ3) is 5.14. The summed E-state index contributed by atoms with van der Waals surface area (Å²) in [4.78, 5) is 11.8. The van der Waals surface area contributed by atoms with E-state index in [4.69, 9.17) is 14.2 Å². The standard InChI is InChI=1S/C19H22N2O6S/c1-2-9-25-13-19(22)20-14-3-5-15(6-4-14)21-28(23,24)16-7-8-17-18(12-16)27-11-10-26-17/h3-8,12,21H,2,9-11,13H2,1H3,(H,20,22). The van der Waals surface area contributed by atoms with E-state index in [2.05, 4.69) is 10.0 Å². The minimum absolute atomic E-state index is 0.0215. The molecule has 2 aromatic rings. The first-order valence-corrected chi connectivity index (χ1v) is 10.4. The number of amides is 1. The Morgan fingerprint density at radius 1 is 1.04 bits per heavy atom. The Labute approximate surface area is 163 Å². The van der Waals surface area contributed by atoms with Crippen LogP contribution in [0.4, 0.5) is 11.4 Å². The van der Waals surface area contributed by atoms with Gasteiger partial charge in [0.25, 0.3) is 10.0 Å². The Bertz CT molecular complexity index is 928. The predicted octanol–water partition coefficient (Wildman–Crippen LogP) is 2.62. The van der Waals surface area contributed by atoms with Crippen LogP contribution in [0.2, 0.25) is 0 Å². The highest BCUT2D eigenvalue weighted by Gasteiger charge is 2.19. The molecule has 0 bridgehead atoms. The number of rotatable bonds is 8. The zero-order valence-electron chi connectivity index (χ0n) is 15.4. The van der Waals surface area contributed by atoms with Gasteiger partial charge < -0.3 is 19.5 Å². The third-order valence-electron chi connectivity index (χ3n) is 3.83. The molecule has 0 saturated heterocycles. The highest BCUT2D eigenvalue weighted by molar-refractivity contribution is 7.92. The lowest BCUT2D eigenvalue weighted by molar-refractivity contribution is -0.120. The minimum Gasteiger partial charge on any atom is -0.486 e. The number of sulfonamides is 1. The first kappa shape index (κ1) is 20.0. The fourth-order valence-electron chi connectivity index (χ4n) is 2.53. The van der Waals surface area contributed by atoms with Gasteiger partial charge in [-0.15, -0.1) is 0 Å². The molecule has 0 aromatic heterocycles. The van der Waals surface area contributed by atoms with Gasteiger partial charge in [0.1, 0.15) is 19.8 Å². The average Bonchev–Trinajstić information content (AvgIpc) is 2.69. The van der Waals surface area contributed by atoms with E-state index in [1.54, 1.807) is 30.3 Å². The van der Waals surface area contributed by atoms with E-state index in [1.807, 2.05) is 6.92 Å². The molecule has 2 aromatic carbocycles. The molecule has 1 aliphatic rings. The van der Waals surface area contributed by atoms with Crippen molar-refractivity contribution >= 4 is 27.3 Å². The Kier molecular flexibility index (Phi) is 6.37. The summed E-state index contributed by atoms with van der Waals surface area (Å²) in [5, 5.41) is 2.69. The van der Waals surface area contributed by atoms with Crippen molar-refractivity contribution in [3.63, 3.8) is 0 Å². The fourth-order valence-corrected chi connectivity index (χ4v) is 3.61. The van der Waals surface area contributed by atoms with Crippen molar-refractivity contribution in [2.75, 3.05) is 36.5 Å². The summed E-state index contributed by atoms with van der Waals surface area (Å²) in [7, 11) is -3.79. The van der Waals surface area contributed by atoms with Gasteiger partial charge in [-0.3, -0.25) is 9.52 Å². The van der Waals surface area contributed by atoms with Gasteiger partial charge in [0, 0.05) is 24.0 Å². The topological polar surface area (TPSA) is 103 Å². The molecular weight excluding hydrogens is 384 g/mol. The first-order chi connectivity index (χ1) is 13.5. The lowest BCUT2D eigenvalue weighted by atomic mass is 10.3. The molecule has 1 aliphatic heterocycles. The summed E-state index contributed by atoms with van der Waals surface area (Å²) in [5.74, 6) is 0.656. The van der Waals surface area contributed by atoms with E-state index in [0.717, 1.165) is 6.42 Å². The zero-order valence-corrected chi connectivity index (χ0v) is 16.3. The molecule has 28 heavy (non-hydrogen) atoms. The SMILES string of the molecule is CCCOCC(=O)Nc1ccc(NS(=O)(=O)c2ccc3c(c2)OCCO3)cc1. The number of fused-ring (bicyclic) bond motifs is 1. The quantitative estimate of drug-likeness (QED) is 0.654. The molecular formula is C19H22N2O6S. The van der Waals surface area contributed by atoms with Crippen LogP contribution in [0, 0.1) is 0 Å². The highest BCUT2D eigenvalue weighted by Crippen LogP contribution is 2.32. The Morgan fingerprint density at radius 3 is 2.43 bits per heavy atom. The molecule has 1 amide bonds. The van der Waals surface area contributed by atoms with E-state index in [-0.39, 0.29) is 17.4 Å². The van der Waals surface area contributed by atoms with Crippen molar-refractivity contribution in [1.29, 1.82) is 0 Å². The average molecular weight is 406 g/mol. The lowest BCUT2D eigenvalue weighted by Crippen LogP contribution is -2.18. The number of nitrogens with one attached hydrogen (secondary N) is 2. The zero-order chi connectivity index (χ0) is 20.0. The molecule has 0 unspecified atom stereocenters. The maximum Gasteiger partial charge on any atom is 0.262 e. The Morgan fingerprint density at radius 2 is 1.71 bits per heavy atom. The number of hydrogen-bond acceptors (Lipinski definition) is 6. The monoisotopic (exact) mass is 406 g/mol. The van der Waals surface area contributed by atoms with E-state index in [9.17, 15) is 13.2 Å². The van der Waals surface area contributed by atoms with Crippen molar-refractivity contribution in [2.24, 2.45) is 0 Å². The maximum absolute atomic E-state index is 12.6. The van der Waals surface area contributed by atoms with Crippen LogP contribution in [0.5, 0.6) is 11.5 Å². The summed E-state index contributed by atoms with van der Waals surface area (Å²) in [6.07, 6.45) is 0.839. The molecule has 0 fully saturated rings. The van der Waals surface area contributed by atoms with Gasteiger partial charge in [-0.1, -0.05) is 6.92 Å². The molecule has 0 radical (unpaired) electrons. The van der Waals surface area contributed by atoms with Crippen LogP contribution in [-0.4, -0.2) is 40.8 Å². The molecule has 2 N–H and O–H groups in total. The summed E-state index contributed by atoms with van der Waals surface area (Å²) in [6, 6.07) is 10.8. The van der Waals surface area contributed by atoms with Crippen LogP contribution < -0.4 is 19.5 Å². The van der Waals surface area contributed by atoms with Gasteiger partial charge in [0.2, 0.25) is 5.91 Å². The number of carbonyl (C=O) groups is 1. The maximum atomic E-state index is 12.6. The second kappa shape index (κ2) is 8.94. The summed E-state index contributed by atoms with van der Waals surface area (Å²) < 4.78 is 43.7. The fraction of sp³-hybridized carbons (Fsp3) is 0.316. The van der Waals surface area contributed by atoms with Crippen LogP contribution in [0.25, 0.3) is 0 Å². The van der Waals surface area contributed by atoms with E-state index in [0.29, 0.717) is 42.7 Å². The number of anilines is 2. The van der Waals surface area contributed by atoms with Crippen molar-refractivity contribution in [2.45, 2.75) is 18.2 Å². The second-order valence-electron chi connectivity index (χ2n) is 6.09. The van der Waals surface area contributed by atoms with Crippen molar-refractivity contribution in [1.82, 2.24) is 0 Å². The molecule has 0 atom stereocenters. The molecule has 150 valence electrons. The Balaban J connectivity index is 1.63. The molecule has 0 spiro atoms. The van der Waals surface area contributed by atoms with E-state index < -0.39 is 10.0 Å². The summed E-state index contributed by atoms with van der Waals surface area (Å²) in [5.41, 5.74) is 0.919. The Hall–Kier alpha value is -2.78. The van der Waals surface area contributed by atoms with Gasteiger partial charge in [0.15, 0.2) is 11.5 Å². The normalized spacial score (nSPS) is 13.0. The van der Waals surface area contributed by atoms with E-state index >= 15 is 0 Å². The van der Waals surface area contributed by atoms with Crippen LogP contribution in [0.3, 0.4) is 0 Å². The smallest absolute Gasteiger partial charge is 0.262 e. The summed E-state index contributed by atoms with van der Waals surface area (Å²) in [6.45, 7) is 3.27. The van der Waals surface area contributed by atoms with Crippen molar-refractivity contribution < 1.29 is 27.4 Å². The highest BCUT2D eigenvalue weighted by atomic mass is 32.2. The third-order valence-corrected chi connectivity index (χ3v) is 5.21. The molecule has 1 heterocycles. The number of benzene rings is 2. The van der Waals surface area contributed by atoms with Crippen LogP contribution >= 0.6 is 0 Å². The lowest BCUT2D eigenvalue weighted by Gasteiger charge is -2.19. The first-order valence-electron chi connectivity index (χ1n) is 8.88. The number of carbonyl (C=O) groups excluding carboxylic acids is 1. The van der Waals surface area contributed by atoms with Gasteiger partial charge in [-0.2, -0.15) is 0 Å². The van der Waals surface area contributed by atoms with Gasteiger partial charge in [0.05, 0.1) is 4.90 Å². The van der Waals surface area contributed by atoms with Gasteiger partial charge >= 0.3 is 0 Å². The minimum atomic E-state index is -3.79. The molecule has 0 aliphatic carbocycles.